The molecule has 136 valence electrons. The van der Waals surface area contributed by atoms with Gasteiger partial charge in [0, 0.05) is 13.0 Å². The molecule has 2 aromatic rings. The first-order valence-electron chi connectivity index (χ1n) is 9.53. The predicted octanol–water partition coefficient (Wildman–Crippen LogP) is 3.53. The molecule has 1 saturated carbocycles. The van der Waals surface area contributed by atoms with Crippen molar-refractivity contribution in [2.24, 2.45) is 11.1 Å². The van der Waals surface area contributed by atoms with Gasteiger partial charge in [0.25, 0.3) is 0 Å². The highest BCUT2D eigenvalue weighted by Gasteiger charge is 2.33. The molecule has 3 N–H and O–H groups in total. The van der Waals surface area contributed by atoms with Gasteiger partial charge in [-0.2, -0.15) is 0 Å². The Balaban J connectivity index is 1.73. The maximum atomic E-state index is 12.7. The Morgan fingerprint density at radius 2 is 2.04 bits per heavy atom. The number of hydrogen-bond acceptors (Lipinski definition) is 3. The molecule has 3 rings (SSSR count). The Morgan fingerprint density at radius 3 is 2.72 bits per heavy atom. The van der Waals surface area contributed by atoms with Crippen molar-refractivity contribution in [3.63, 3.8) is 0 Å². The molecule has 5 nitrogen and oxygen atoms in total. The van der Waals surface area contributed by atoms with Gasteiger partial charge in [-0.05, 0) is 50.8 Å². The lowest BCUT2D eigenvalue weighted by Gasteiger charge is -2.36. The second kappa shape index (κ2) is 7.56. The average Bonchev–Trinajstić information content (AvgIpc) is 3.01. The standard InChI is InChI=1S/C20H30N4O/c1-3-24-17-10-6-5-9-16(17)23-19(24)15(2)22-18(25)13-20(14-21)11-7-4-8-12-20/h5-6,9-10,15H,3-4,7-8,11-14,21H2,1-2H3,(H,22,25). The second-order valence-corrected chi connectivity index (χ2v) is 7.43. The molecule has 1 aromatic carbocycles. The van der Waals surface area contributed by atoms with E-state index in [-0.39, 0.29) is 17.4 Å². The van der Waals surface area contributed by atoms with Crippen LogP contribution in [0.3, 0.4) is 0 Å². The smallest absolute Gasteiger partial charge is 0.221 e. The summed E-state index contributed by atoms with van der Waals surface area (Å²) in [6.45, 7) is 5.56. The van der Waals surface area contributed by atoms with Crippen LogP contribution in [0, 0.1) is 5.41 Å². The first kappa shape index (κ1) is 17.9. The molecular weight excluding hydrogens is 312 g/mol. The van der Waals surface area contributed by atoms with E-state index in [2.05, 4.69) is 22.9 Å². The third kappa shape index (κ3) is 3.71. The summed E-state index contributed by atoms with van der Waals surface area (Å²) < 4.78 is 2.18. The van der Waals surface area contributed by atoms with Crippen LogP contribution in [0.4, 0.5) is 0 Å². The number of aromatic nitrogens is 2. The third-order valence-corrected chi connectivity index (χ3v) is 5.65. The summed E-state index contributed by atoms with van der Waals surface area (Å²) >= 11 is 0. The van der Waals surface area contributed by atoms with Crippen LogP contribution in [0.5, 0.6) is 0 Å². The number of nitrogens with one attached hydrogen (secondary N) is 1. The number of imidazole rings is 1. The Morgan fingerprint density at radius 1 is 1.32 bits per heavy atom. The fourth-order valence-corrected chi connectivity index (χ4v) is 4.21. The second-order valence-electron chi connectivity index (χ2n) is 7.43. The molecule has 1 aliphatic rings. The van der Waals surface area contributed by atoms with E-state index in [1.807, 2.05) is 25.1 Å². The maximum absolute atomic E-state index is 12.7. The van der Waals surface area contributed by atoms with Crippen LogP contribution in [0.2, 0.25) is 0 Å². The predicted molar refractivity (Wildman–Crippen MR) is 101 cm³/mol. The summed E-state index contributed by atoms with van der Waals surface area (Å²) in [5.41, 5.74) is 8.12. The number of nitrogens with zero attached hydrogens (tertiary/aromatic N) is 2. The van der Waals surface area contributed by atoms with Gasteiger partial charge in [-0.15, -0.1) is 0 Å². The van der Waals surface area contributed by atoms with Gasteiger partial charge in [0.1, 0.15) is 5.82 Å². The molecule has 0 bridgehead atoms. The molecule has 1 atom stereocenters. The highest BCUT2D eigenvalue weighted by atomic mass is 16.1. The van der Waals surface area contributed by atoms with Crippen LogP contribution < -0.4 is 11.1 Å². The number of rotatable bonds is 6. The van der Waals surface area contributed by atoms with E-state index in [9.17, 15) is 4.79 Å². The summed E-state index contributed by atoms with van der Waals surface area (Å²) in [6, 6.07) is 8.01. The Bertz CT molecular complexity index is 730. The number of fused-ring (bicyclic) bond motifs is 1. The minimum atomic E-state index is -0.113. The van der Waals surface area contributed by atoms with Gasteiger partial charge in [-0.25, -0.2) is 4.98 Å². The van der Waals surface area contributed by atoms with E-state index < -0.39 is 0 Å². The SMILES string of the molecule is CCn1c(C(C)NC(=O)CC2(CN)CCCCC2)nc2ccccc21. The monoisotopic (exact) mass is 342 g/mol. The molecule has 1 fully saturated rings. The lowest BCUT2D eigenvalue weighted by atomic mass is 9.71. The van der Waals surface area contributed by atoms with Gasteiger partial charge in [0.15, 0.2) is 0 Å². The first-order chi connectivity index (χ1) is 12.1. The van der Waals surface area contributed by atoms with Crippen molar-refractivity contribution in [3.05, 3.63) is 30.1 Å². The topological polar surface area (TPSA) is 72.9 Å². The minimum Gasteiger partial charge on any atom is -0.346 e. The van der Waals surface area contributed by atoms with Crippen molar-refractivity contribution in [2.45, 2.75) is 65.0 Å². The van der Waals surface area contributed by atoms with Gasteiger partial charge < -0.3 is 15.6 Å². The van der Waals surface area contributed by atoms with Gasteiger partial charge >= 0.3 is 0 Å². The Labute approximate surface area is 150 Å². The van der Waals surface area contributed by atoms with E-state index in [0.717, 1.165) is 36.2 Å². The maximum Gasteiger partial charge on any atom is 0.221 e. The molecule has 0 aliphatic heterocycles. The van der Waals surface area contributed by atoms with E-state index >= 15 is 0 Å². The van der Waals surface area contributed by atoms with Crippen molar-refractivity contribution in [1.82, 2.24) is 14.9 Å². The highest BCUT2D eigenvalue weighted by Crippen LogP contribution is 2.38. The quantitative estimate of drug-likeness (QED) is 0.843. The van der Waals surface area contributed by atoms with Crippen molar-refractivity contribution in [2.75, 3.05) is 6.54 Å². The van der Waals surface area contributed by atoms with Crippen LogP contribution in [0.1, 0.15) is 64.2 Å². The summed E-state index contributed by atoms with van der Waals surface area (Å²) in [5, 5.41) is 3.16. The molecule has 1 aliphatic carbocycles. The van der Waals surface area contributed by atoms with Crippen molar-refractivity contribution < 1.29 is 4.79 Å². The number of carbonyl (C=O) groups is 1. The summed E-state index contributed by atoms with van der Waals surface area (Å²) in [7, 11) is 0. The molecule has 1 amide bonds. The van der Waals surface area contributed by atoms with Crippen LogP contribution in [-0.2, 0) is 11.3 Å². The van der Waals surface area contributed by atoms with Gasteiger partial charge in [0.05, 0.1) is 17.1 Å². The number of hydrogen-bond donors (Lipinski definition) is 2. The third-order valence-electron chi connectivity index (χ3n) is 5.65. The largest absolute Gasteiger partial charge is 0.346 e. The van der Waals surface area contributed by atoms with Crippen LogP contribution >= 0.6 is 0 Å². The Hall–Kier alpha value is -1.88. The lowest BCUT2D eigenvalue weighted by molar-refractivity contribution is -0.124. The molecule has 5 heteroatoms. The molecule has 25 heavy (non-hydrogen) atoms. The van der Waals surface area contributed by atoms with E-state index in [0.29, 0.717) is 13.0 Å². The number of carbonyl (C=O) groups excluding carboxylic acids is 1. The zero-order valence-electron chi connectivity index (χ0n) is 15.4. The summed E-state index contributed by atoms with van der Waals surface area (Å²) in [4.78, 5) is 17.4. The molecule has 1 heterocycles. The number of amides is 1. The summed E-state index contributed by atoms with van der Waals surface area (Å²) in [6.07, 6.45) is 6.30. The van der Waals surface area contributed by atoms with Crippen LogP contribution in [0.25, 0.3) is 11.0 Å². The van der Waals surface area contributed by atoms with E-state index in [4.69, 9.17) is 10.7 Å². The van der Waals surface area contributed by atoms with Gasteiger partial charge in [-0.3, -0.25) is 4.79 Å². The molecular formula is C20H30N4O. The molecule has 0 spiro atoms. The molecule has 0 radical (unpaired) electrons. The fraction of sp³-hybridized carbons (Fsp3) is 0.600. The van der Waals surface area contributed by atoms with E-state index in [1.165, 1.54) is 19.3 Å². The number of aryl methyl sites for hydroxylation is 1. The van der Waals surface area contributed by atoms with E-state index in [1.54, 1.807) is 0 Å². The van der Waals surface area contributed by atoms with Crippen molar-refractivity contribution in [3.8, 4) is 0 Å². The zero-order chi connectivity index (χ0) is 17.9. The fourth-order valence-electron chi connectivity index (χ4n) is 4.21. The van der Waals surface area contributed by atoms with Crippen LogP contribution in [-0.4, -0.2) is 22.0 Å². The molecule has 0 saturated heterocycles. The zero-order valence-corrected chi connectivity index (χ0v) is 15.4. The van der Waals surface area contributed by atoms with Crippen LogP contribution in [0.15, 0.2) is 24.3 Å². The number of nitrogens with two attached hydrogens (primary N) is 1. The van der Waals surface area contributed by atoms with Crippen molar-refractivity contribution in [1.29, 1.82) is 0 Å². The highest BCUT2D eigenvalue weighted by molar-refractivity contribution is 5.78. The number of benzene rings is 1. The van der Waals surface area contributed by atoms with Gasteiger partial charge in [0.2, 0.25) is 5.91 Å². The van der Waals surface area contributed by atoms with Gasteiger partial charge in [-0.1, -0.05) is 31.4 Å². The normalized spacial score (nSPS) is 18.2. The minimum absolute atomic E-state index is 0.00700. The van der Waals surface area contributed by atoms with Crippen molar-refractivity contribution >= 4 is 16.9 Å². The molecule has 1 aromatic heterocycles. The molecule has 1 unspecified atom stereocenters. The summed E-state index contributed by atoms with van der Waals surface area (Å²) in [5.74, 6) is 1.01. The Kier molecular flexibility index (Phi) is 5.42. The lowest BCUT2D eigenvalue weighted by Crippen LogP contribution is -2.39. The number of para-hydroxylation sites is 2. The first-order valence-corrected chi connectivity index (χ1v) is 9.53. The average molecular weight is 342 g/mol.